The predicted octanol–water partition coefficient (Wildman–Crippen LogP) is 3.79. The van der Waals surface area contributed by atoms with Crippen molar-refractivity contribution in [2.24, 2.45) is 22.2 Å². The summed E-state index contributed by atoms with van der Waals surface area (Å²) in [7, 11) is 1.26. The maximum atomic E-state index is 15.3. The summed E-state index contributed by atoms with van der Waals surface area (Å²) < 4.78 is 35.1. The molecule has 1 unspecified atom stereocenters. The van der Waals surface area contributed by atoms with E-state index >= 15 is 4.79 Å². The number of carbonyl (C=O) groups is 5. The van der Waals surface area contributed by atoms with Crippen LogP contribution < -0.4 is 0 Å². The molecule has 4 aliphatic rings. The van der Waals surface area contributed by atoms with Crippen LogP contribution in [0, 0.1) is 22.2 Å². The molecule has 42 heavy (non-hydrogen) atoms. The molecule has 0 amide bonds. The first kappa shape index (κ1) is 30.0. The lowest BCUT2D eigenvalue weighted by Gasteiger charge is -2.59. The zero-order chi connectivity index (χ0) is 31.0. The summed E-state index contributed by atoms with van der Waals surface area (Å²) in [6, 6.07) is 1.66. The molecule has 11 nitrogen and oxygen atoms in total. The molecule has 8 atom stereocenters. The Morgan fingerprint density at radius 2 is 1.79 bits per heavy atom. The first-order chi connectivity index (χ1) is 19.5. The third-order valence-corrected chi connectivity index (χ3v) is 10.6. The molecule has 0 N–H and O–H groups in total. The molecule has 0 radical (unpaired) electrons. The molecule has 0 aromatic carbocycles. The number of rotatable bonds is 5. The smallest absolute Gasteiger partial charge is 0.309 e. The predicted molar refractivity (Wildman–Crippen MR) is 143 cm³/mol. The van der Waals surface area contributed by atoms with Crippen molar-refractivity contribution in [1.29, 1.82) is 0 Å². The second-order valence-corrected chi connectivity index (χ2v) is 13.1. The minimum Gasteiger partial charge on any atom is -0.472 e. The first-order valence-corrected chi connectivity index (χ1v) is 14.1. The van der Waals surface area contributed by atoms with Gasteiger partial charge in [-0.1, -0.05) is 27.4 Å². The number of esters is 4. The maximum absolute atomic E-state index is 15.3. The summed E-state index contributed by atoms with van der Waals surface area (Å²) in [5, 5.41) is 0. The Balaban J connectivity index is 1.78. The minimum absolute atomic E-state index is 0.0819. The Morgan fingerprint density at radius 3 is 2.36 bits per heavy atom. The van der Waals surface area contributed by atoms with Crippen molar-refractivity contribution in [3.8, 4) is 0 Å². The monoisotopic (exact) mass is 586 g/mol. The normalized spacial score (nSPS) is 40.2. The van der Waals surface area contributed by atoms with Crippen molar-refractivity contribution in [3.05, 3.63) is 36.3 Å². The minimum atomic E-state index is -1.90. The van der Waals surface area contributed by atoms with Gasteiger partial charge in [-0.3, -0.25) is 24.0 Å². The van der Waals surface area contributed by atoms with Crippen molar-refractivity contribution in [2.75, 3.05) is 7.11 Å². The van der Waals surface area contributed by atoms with Crippen LogP contribution in [-0.4, -0.2) is 60.2 Å². The van der Waals surface area contributed by atoms with Gasteiger partial charge in [-0.2, -0.15) is 0 Å². The number of hydrogen-bond acceptors (Lipinski definition) is 11. The molecular formula is C31H38O11. The Hall–Kier alpha value is -3.47. The van der Waals surface area contributed by atoms with Gasteiger partial charge in [-0.15, -0.1) is 0 Å². The molecule has 1 aromatic rings. The number of ketones is 1. The molecule has 2 aliphatic carbocycles. The fourth-order valence-electron chi connectivity index (χ4n) is 8.51. The van der Waals surface area contributed by atoms with E-state index in [1.54, 1.807) is 13.0 Å². The molecule has 1 aromatic heterocycles. The quantitative estimate of drug-likeness (QED) is 0.282. The van der Waals surface area contributed by atoms with Crippen LogP contribution in [0.1, 0.15) is 78.9 Å². The number of hydrogen-bond donors (Lipinski definition) is 0. The van der Waals surface area contributed by atoms with Gasteiger partial charge in [-0.25, -0.2) is 0 Å². The number of fused-ring (bicyclic) bond motifs is 2. The van der Waals surface area contributed by atoms with Crippen molar-refractivity contribution >= 4 is 29.7 Å². The second-order valence-electron chi connectivity index (χ2n) is 13.1. The molecule has 5 rings (SSSR count). The van der Waals surface area contributed by atoms with E-state index in [2.05, 4.69) is 6.58 Å². The van der Waals surface area contributed by atoms with Crippen molar-refractivity contribution in [2.45, 2.75) is 96.7 Å². The van der Waals surface area contributed by atoms with Crippen molar-refractivity contribution in [1.82, 2.24) is 0 Å². The highest BCUT2D eigenvalue weighted by atomic mass is 16.6. The van der Waals surface area contributed by atoms with Gasteiger partial charge in [0.25, 0.3) is 0 Å². The average Bonchev–Trinajstić information content (AvgIpc) is 3.48. The van der Waals surface area contributed by atoms with Crippen LogP contribution in [-0.2, 0) is 47.7 Å². The third-order valence-electron chi connectivity index (χ3n) is 10.6. The van der Waals surface area contributed by atoms with Crippen molar-refractivity contribution < 1.29 is 52.1 Å². The molecule has 2 saturated carbocycles. The second kappa shape index (κ2) is 9.52. The van der Waals surface area contributed by atoms with Gasteiger partial charge >= 0.3 is 23.9 Å². The maximum Gasteiger partial charge on any atom is 0.309 e. The van der Waals surface area contributed by atoms with Gasteiger partial charge in [0.2, 0.25) is 0 Å². The Labute approximate surface area is 244 Å². The van der Waals surface area contributed by atoms with Crippen LogP contribution >= 0.6 is 0 Å². The topological polar surface area (TPSA) is 145 Å². The Bertz CT molecular complexity index is 1360. The molecule has 2 aliphatic heterocycles. The van der Waals surface area contributed by atoms with E-state index in [-0.39, 0.29) is 31.3 Å². The van der Waals surface area contributed by atoms with Gasteiger partial charge in [0.05, 0.1) is 44.0 Å². The van der Waals surface area contributed by atoms with Gasteiger partial charge < -0.3 is 28.1 Å². The molecule has 228 valence electrons. The average molecular weight is 587 g/mol. The molecule has 11 heteroatoms. The van der Waals surface area contributed by atoms with Crippen LogP contribution in [0.5, 0.6) is 0 Å². The zero-order valence-corrected chi connectivity index (χ0v) is 25.1. The highest BCUT2D eigenvalue weighted by Gasteiger charge is 2.81. The van der Waals surface area contributed by atoms with E-state index in [0.29, 0.717) is 5.56 Å². The van der Waals surface area contributed by atoms with Gasteiger partial charge in [0.15, 0.2) is 11.4 Å². The van der Waals surface area contributed by atoms with Gasteiger partial charge in [0.1, 0.15) is 17.8 Å². The molecule has 3 heterocycles. The SMILES string of the molecule is C=C1C2(OC(C)=O)C[C@@]3(C)[C@H](c4ccoc4)OC(=O)C[C@]13O[C@H]1C[C@@H](OC(C)=O)C(C)(C)[C@H](CC(=O)OC)[C@@]1(C)C2=O. The number of Topliss-reactive ketones (excluding diaryl/α,β-unsaturated/α-hetero) is 1. The standard InChI is InChI=1S/C31H38O11/c1-16-30(41-18(3)33)15-28(6)25(19-9-10-38-14-19)40-24(35)13-31(16,28)42-22-12-21(39-17(2)32)27(4,5)20(11-23(34)37-8)29(22,7)26(30)36/h9-10,14,20-22,25H,1,11-13,15H2,2-8H3/t20-,21+,22-,25-,28-,29+,30?,31-/m0/s1. The number of cyclic esters (lactones) is 1. The lowest BCUT2D eigenvalue weighted by atomic mass is 9.49. The van der Waals surface area contributed by atoms with Crippen molar-refractivity contribution in [3.63, 3.8) is 0 Å². The first-order valence-electron chi connectivity index (χ1n) is 14.1. The summed E-state index contributed by atoms with van der Waals surface area (Å²) >= 11 is 0. The summed E-state index contributed by atoms with van der Waals surface area (Å²) in [5.41, 5.74) is -6.23. The fraction of sp³-hybridized carbons (Fsp3) is 0.645. The number of methoxy groups -OCH3 is 1. The fourth-order valence-corrected chi connectivity index (χ4v) is 8.51. The largest absolute Gasteiger partial charge is 0.472 e. The highest BCUT2D eigenvalue weighted by molar-refractivity contribution is 6.00. The summed E-state index contributed by atoms with van der Waals surface area (Å²) in [5.74, 6) is -3.67. The molecule has 2 saturated heterocycles. The molecule has 2 bridgehead atoms. The molecule has 1 spiro atoms. The highest BCUT2D eigenvalue weighted by Crippen LogP contribution is 2.72. The number of ether oxygens (including phenoxy) is 5. The van der Waals surface area contributed by atoms with E-state index in [4.69, 9.17) is 28.1 Å². The summed E-state index contributed by atoms with van der Waals surface area (Å²) in [4.78, 5) is 66.4. The summed E-state index contributed by atoms with van der Waals surface area (Å²) in [6.45, 7) is 14.0. The van der Waals surface area contributed by atoms with Crippen LogP contribution in [0.25, 0.3) is 0 Å². The van der Waals surface area contributed by atoms with E-state index in [1.807, 2.05) is 20.8 Å². The van der Waals surface area contributed by atoms with Gasteiger partial charge in [0, 0.05) is 48.7 Å². The Morgan fingerprint density at radius 1 is 1.10 bits per heavy atom. The lowest BCUT2D eigenvalue weighted by Crippen LogP contribution is -2.67. The number of furan rings is 1. The van der Waals surface area contributed by atoms with E-state index in [0.717, 1.165) is 0 Å². The molecular weight excluding hydrogens is 548 g/mol. The van der Waals surface area contributed by atoms with Gasteiger partial charge in [-0.05, 0) is 18.9 Å². The van der Waals surface area contributed by atoms with E-state index in [9.17, 15) is 19.2 Å². The van der Waals surface area contributed by atoms with Crippen LogP contribution in [0.3, 0.4) is 0 Å². The lowest BCUT2D eigenvalue weighted by molar-refractivity contribution is -0.261. The van der Waals surface area contributed by atoms with Crippen LogP contribution in [0.15, 0.2) is 35.2 Å². The van der Waals surface area contributed by atoms with Crippen LogP contribution in [0.2, 0.25) is 0 Å². The van der Waals surface area contributed by atoms with Crippen LogP contribution in [0.4, 0.5) is 0 Å². The summed E-state index contributed by atoms with van der Waals surface area (Å²) in [6.07, 6.45) is -0.226. The molecule has 4 fully saturated rings. The zero-order valence-electron chi connectivity index (χ0n) is 25.1. The van der Waals surface area contributed by atoms with E-state index < -0.39 is 81.3 Å². The Kier molecular flexibility index (Phi) is 6.80. The third kappa shape index (κ3) is 3.84. The van der Waals surface area contributed by atoms with E-state index in [1.165, 1.54) is 33.5 Å². The number of carbonyl (C=O) groups excluding carboxylic acids is 5.